The molecule has 0 bridgehead atoms. The monoisotopic (exact) mass is 248 g/mol. The number of esters is 1. The lowest BCUT2D eigenvalue weighted by Gasteiger charge is -2.23. The largest absolute Gasteiger partial charge is 0.459 e. The number of carbonyl (C=O) groups is 1. The van der Waals surface area contributed by atoms with Crippen LogP contribution in [0.15, 0.2) is 30.3 Å². The van der Waals surface area contributed by atoms with Gasteiger partial charge in [0.15, 0.2) is 0 Å². The molecule has 0 saturated carbocycles. The van der Waals surface area contributed by atoms with Crippen molar-refractivity contribution in [3.63, 3.8) is 0 Å². The minimum absolute atomic E-state index is 0.123. The molecular formula is C15H20O3. The van der Waals surface area contributed by atoms with E-state index in [2.05, 4.69) is 0 Å². The Hall–Kier alpha value is -1.35. The summed E-state index contributed by atoms with van der Waals surface area (Å²) in [6, 6.07) is 9.34. The van der Waals surface area contributed by atoms with E-state index in [1.165, 1.54) is 0 Å². The molecule has 18 heavy (non-hydrogen) atoms. The van der Waals surface area contributed by atoms with Crippen molar-refractivity contribution in [1.82, 2.24) is 0 Å². The minimum Gasteiger partial charge on any atom is -0.459 e. The maximum absolute atomic E-state index is 11.8. The highest BCUT2D eigenvalue weighted by molar-refractivity contribution is 5.75. The van der Waals surface area contributed by atoms with Crippen LogP contribution in [0.1, 0.15) is 38.9 Å². The molecule has 0 radical (unpaired) electrons. The number of hydrogen-bond acceptors (Lipinski definition) is 3. The zero-order valence-electron chi connectivity index (χ0n) is 11.1. The first-order valence-electron chi connectivity index (χ1n) is 6.33. The summed E-state index contributed by atoms with van der Waals surface area (Å²) in [7, 11) is 0. The zero-order valence-corrected chi connectivity index (χ0v) is 11.1. The highest BCUT2D eigenvalue weighted by Gasteiger charge is 2.44. The molecular weight excluding hydrogens is 228 g/mol. The lowest BCUT2D eigenvalue weighted by Crippen LogP contribution is -2.24. The third-order valence-corrected chi connectivity index (χ3v) is 3.56. The number of rotatable bonds is 2. The van der Waals surface area contributed by atoms with Crippen molar-refractivity contribution in [2.75, 3.05) is 0 Å². The molecule has 0 aliphatic carbocycles. The first-order chi connectivity index (χ1) is 8.39. The van der Waals surface area contributed by atoms with Gasteiger partial charge in [-0.05, 0) is 11.0 Å². The topological polar surface area (TPSA) is 46.5 Å². The van der Waals surface area contributed by atoms with E-state index < -0.39 is 12.2 Å². The molecule has 3 atom stereocenters. The highest BCUT2D eigenvalue weighted by atomic mass is 16.6. The maximum atomic E-state index is 11.8. The van der Waals surface area contributed by atoms with Crippen LogP contribution in [0.3, 0.4) is 0 Å². The standard InChI is InChI=1S/C15H20O3/c1-15(2,3)11-9-12(18-14(11)17)13(16)10-7-5-4-6-8-10/h4-8,11-13,16H,9H2,1-3H3. The van der Waals surface area contributed by atoms with Gasteiger partial charge >= 0.3 is 5.97 Å². The van der Waals surface area contributed by atoms with E-state index in [1.807, 2.05) is 51.1 Å². The summed E-state index contributed by atoms with van der Waals surface area (Å²) in [6.45, 7) is 6.07. The molecule has 3 nitrogen and oxygen atoms in total. The first-order valence-corrected chi connectivity index (χ1v) is 6.33. The molecule has 98 valence electrons. The van der Waals surface area contributed by atoms with Gasteiger partial charge in [-0.25, -0.2) is 0 Å². The Balaban J connectivity index is 2.11. The Bertz CT molecular complexity index is 419. The van der Waals surface area contributed by atoms with Crippen LogP contribution < -0.4 is 0 Å². The molecule has 1 aromatic carbocycles. The van der Waals surface area contributed by atoms with Crippen molar-refractivity contribution < 1.29 is 14.6 Å². The predicted octanol–water partition coefficient (Wildman–Crippen LogP) is 2.70. The van der Waals surface area contributed by atoms with Gasteiger partial charge in [0.25, 0.3) is 0 Å². The summed E-state index contributed by atoms with van der Waals surface area (Å²) >= 11 is 0. The van der Waals surface area contributed by atoms with Crippen LogP contribution in [-0.4, -0.2) is 17.2 Å². The van der Waals surface area contributed by atoms with Crippen LogP contribution in [0, 0.1) is 11.3 Å². The third kappa shape index (κ3) is 2.56. The van der Waals surface area contributed by atoms with Crippen LogP contribution in [0.4, 0.5) is 0 Å². The average Bonchev–Trinajstić information content (AvgIpc) is 2.71. The molecule has 0 amide bonds. The molecule has 1 aromatic rings. The second-order valence-corrected chi connectivity index (χ2v) is 5.99. The highest BCUT2D eigenvalue weighted by Crippen LogP contribution is 2.39. The van der Waals surface area contributed by atoms with E-state index in [0.29, 0.717) is 6.42 Å². The van der Waals surface area contributed by atoms with Gasteiger partial charge in [0.2, 0.25) is 0 Å². The summed E-state index contributed by atoms with van der Waals surface area (Å²) in [5.74, 6) is -0.330. The van der Waals surface area contributed by atoms with Crippen molar-refractivity contribution in [3.05, 3.63) is 35.9 Å². The van der Waals surface area contributed by atoms with Gasteiger partial charge < -0.3 is 9.84 Å². The molecule has 0 spiro atoms. The third-order valence-electron chi connectivity index (χ3n) is 3.56. The number of carbonyl (C=O) groups excluding carboxylic acids is 1. The van der Waals surface area contributed by atoms with Crippen molar-refractivity contribution in [2.45, 2.75) is 39.4 Å². The molecule has 2 rings (SSSR count). The second kappa shape index (κ2) is 4.73. The molecule has 3 heteroatoms. The van der Waals surface area contributed by atoms with Crippen molar-refractivity contribution in [2.24, 2.45) is 11.3 Å². The van der Waals surface area contributed by atoms with Crippen molar-refractivity contribution in [3.8, 4) is 0 Å². The van der Waals surface area contributed by atoms with Crippen LogP contribution >= 0.6 is 0 Å². The Morgan fingerprint density at radius 1 is 1.28 bits per heavy atom. The maximum Gasteiger partial charge on any atom is 0.309 e. The molecule has 1 saturated heterocycles. The first kappa shape index (κ1) is 13.1. The fourth-order valence-electron chi connectivity index (χ4n) is 2.37. The van der Waals surface area contributed by atoms with E-state index in [-0.39, 0.29) is 17.3 Å². The Morgan fingerprint density at radius 2 is 1.89 bits per heavy atom. The van der Waals surface area contributed by atoms with Crippen molar-refractivity contribution >= 4 is 5.97 Å². The molecule has 3 unspecified atom stereocenters. The van der Waals surface area contributed by atoms with Crippen LogP contribution in [0.2, 0.25) is 0 Å². The van der Waals surface area contributed by atoms with Gasteiger partial charge in [-0.1, -0.05) is 51.1 Å². The molecule has 1 aliphatic rings. The number of ether oxygens (including phenoxy) is 1. The SMILES string of the molecule is CC(C)(C)C1CC(C(O)c2ccccc2)OC1=O. The van der Waals surface area contributed by atoms with Crippen molar-refractivity contribution in [1.29, 1.82) is 0 Å². The average molecular weight is 248 g/mol. The molecule has 1 aliphatic heterocycles. The number of cyclic esters (lactones) is 1. The van der Waals surface area contributed by atoms with Crippen LogP contribution in [0.5, 0.6) is 0 Å². The van der Waals surface area contributed by atoms with E-state index in [4.69, 9.17) is 4.74 Å². The zero-order chi connectivity index (χ0) is 13.3. The molecule has 1 fully saturated rings. The smallest absolute Gasteiger partial charge is 0.309 e. The lowest BCUT2D eigenvalue weighted by molar-refractivity contribution is -0.149. The fourth-order valence-corrected chi connectivity index (χ4v) is 2.37. The van der Waals surface area contributed by atoms with E-state index in [9.17, 15) is 9.90 Å². The van der Waals surface area contributed by atoms with E-state index in [1.54, 1.807) is 0 Å². The predicted molar refractivity (Wildman–Crippen MR) is 68.8 cm³/mol. The number of aliphatic hydroxyl groups is 1. The summed E-state index contributed by atoms with van der Waals surface area (Å²) in [4.78, 5) is 11.8. The molecule has 1 heterocycles. The quantitative estimate of drug-likeness (QED) is 0.818. The summed E-state index contributed by atoms with van der Waals surface area (Å²) in [5, 5.41) is 10.2. The number of hydrogen-bond donors (Lipinski definition) is 1. The summed E-state index contributed by atoms with van der Waals surface area (Å²) in [5.41, 5.74) is 0.673. The lowest BCUT2D eigenvalue weighted by atomic mass is 9.78. The summed E-state index contributed by atoms with van der Waals surface area (Å²) < 4.78 is 5.33. The minimum atomic E-state index is -0.734. The van der Waals surface area contributed by atoms with Gasteiger partial charge in [0, 0.05) is 6.42 Å². The van der Waals surface area contributed by atoms with E-state index in [0.717, 1.165) is 5.56 Å². The van der Waals surface area contributed by atoms with Gasteiger partial charge in [-0.2, -0.15) is 0 Å². The summed E-state index contributed by atoms with van der Waals surface area (Å²) in [6.07, 6.45) is -0.579. The Morgan fingerprint density at radius 3 is 2.39 bits per heavy atom. The molecule has 0 aromatic heterocycles. The number of benzene rings is 1. The van der Waals surface area contributed by atoms with Crippen LogP contribution in [0.25, 0.3) is 0 Å². The fraction of sp³-hybridized carbons (Fsp3) is 0.533. The normalized spacial score (nSPS) is 25.9. The van der Waals surface area contributed by atoms with Gasteiger partial charge in [-0.15, -0.1) is 0 Å². The Labute approximate surface area is 108 Å². The van der Waals surface area contributed by atoms with E-state index >= 15 is 0 Å². The Kier molecular flexibility index (Phi) is 3.44. The van der Waals surface area contributed by atoms with Crippen LogP contribution in [-0.2, 0) is 9.53 Å². The second-order valence-electron chi connectivity index (χ2n) is 5.99. The van der Waals surface area contributed by atoms with Gasteiger partial charge in [0.05, 0.1) is 5.92 Å². The number of aliphatic hydroxyl groups excluding tert-OH is 1. The van der Waals surface area contributed by atoms with Gasteiger partial charge in [-0.3, -0.25) is 4.79 Å². The molecule has 1 N–H and O–H groups in total. The van der Waals surface area contributed by atoms with Gasteiger partial charge in [0.1, 0.15) is 12.2 Å².